The van der Waals surface area contributed by atoms with Gasteiger partial charge in [-0.15, -0.1) is 0 Å². The molecule has 1 aliphatic heterocycles. The van der Waals surface area contributed by atoms with E-state index in [9.17, 15) is 0 Å². The van der Waals surface area contributed by atoms with Gasteiger partial charge in [-0.2, -0.15) is 0 Å². The molecule has 0 amide bonds. The molecule has 112 valence electrons. The van der Waals surface area contributed by atoms with Gasteiger partial charge < -0.3 is 15.0 Å². The summed E-state index contributed by atoms with van der Waals surface area (Å²) in [7, 11) is 1.81. The molecule has 4 heteroatoms. The summed E-state index contributed by atoms with van der Waals surface area (Å²) in [6.45, 7) is 8.33. The summed E-state index contributed by atoms with van der Waals surface area (Å²) in [5, 5.41) is 3.44. The van der Waals surface area contributed by atoms with Gasteiger partial charge in [-0.05, 0) is 50.4 Å². The summed E-state index contributed by atoms with van der Waals surface area (Å²) < 4.78 is 5.66. The van der Waals surface area contributed by atoms with Gasteiger partial charge in [0.05, 0.1) is 5.60 Å². The quantitative estimate of drug-likeness (QED) is 0.811. The van der Waals surface area contributed by atoms with E-state index in [1.54, 1.807) is 0 Å². The average Bonchev–Trinajstić information content (AvgIpc) is 2.48. The van der Waals surface area contributed by atoms with Gasteiger partial charge >= 0.3 is 0 Å². The highest BCUT2D eigenvalue weighted by molar-refractivity contribution is 5.42. The smallest absolute Gasteiger partial charge is 0.128 e. The van der Waals surface area contributed by atoms with Crippen LogP contribution in [0, 0.1) is 0 Å². The van der Waals surface area contributed by atoms with Crippen molar-refractivity contribution in [3.63, 3.8) is 0 Å². The Balaban J connectivity index is 2.02. The molecule has 1 aromatic rings. The molecule has 20 heavy (non-hydrogen) atoms. The van der Waals surface area contributed by atoms with Gasteiger partial charge in [0.25, 0.3) is 0 Å². The van der Waals surface area contributed by atoms with Gasteiger partial charge in [0.1, 0.15) is 5.82 Å². The number of ether oxygens (including phenoxy) is 1. The Kier molecular flexibility index (Phi) is 5.38. The number of aromatic nitrogens is 1. The minimum Gasteiger partial charge on any atom is -0.377 e. The minimum atomic E-state index is -0.0452. The molecule has 1 saturated heterocycles. The third-order valence-electron chi connectivity index (χ3n) is 4.04. The molecule has 2 heterocycles. The fraction of sp³-hybridized carbons (Fsp3) is 0.688. The van der Waals surface area contributed by atoms with E-state index in [1.807, 2.05) is 13.3 Å². The lowest BCUT2D eigenvalue weighted by atomic mass is 9.95. The van der Waals surface area contributed by atoms with Crippen LogP contribution in [0.15, 0.2) is 18.3 Å². The van der Waals surface area contributed by atoms with E-state index in [1.165, 1.54) is 5.56 Å². The van der Waals surface area contributed by atoms with Gasteiger partial charge in [0, 0.05) is 32.9 Å². The van der Waals surface area contributed by atoms with Gasteiger partial charge in [0.2, 0.25) is 0 Å². The Morgan fingerprint density at radius 2 is 2.35 bits per heavy atom. The van der Waals surface area contributed by atoms with E-state index in [-0.39, 0.29) is 5.60 Å². The second-order valence-corrected chi connectivity index (χ2v) is 5.88. The first-order valence-electron chi connectivity index (χ1n) is 7.62. The first-order valence-corrected chi connectivity index (χ1v) is 7.62. The Bertz CT molecular complexity index is 424. The van der Waals surface area contributed by atoms with Crippen LogP contribution in [0.25, 0.3) is 0 Å². The summed E-state index contributed by atoms with van der Waals surface area (Å²) in [5.41, 5.74) is 1.25. The molecule has 0 spiro atoms. The van der Waals surface area contributed by atoms with E-state index in [2.05, 4.69) is 41.2 Å². The number of rotatable bonds is 6. The molecular weight excluding hydrogens is 250 g/mol. The van der Waals surface area contributed by atoms with E-state index >= 15 is 0 Å². The molecular formula is C16H27N3O. The Morgan fingerprint density at radius 3 is 3.10 bits per heavy atom. The summed E-state index contributed by atoms with van der Waals surface area (Å²) in [4.78, 5) is 6.88. The van der Waals surface area contributed by atoms with Crippen molar-refractivity contribution in [1.29, 1.82) is 0 Å². The lowest BCUT2D eigenvalue weighted by molar-refractivity contribution is -0.00481. The van der Waals surface area contributed by atoms with Crippen LogP contribution in [-0.2, 0) is 11.3 Å². The van der Waals surface area contributed by atoms with Gasteiger partial charge in [-0.3, -0.25) is 0 Å². The maximum Gasteiger partial charge on any atom is 0.128 e. The van der Waals surface area contributed by atoms with Crippen molar-refractivity contribution in [3.05, 3.63) is 23.9 Å². The predicted octanol–water partition coefficient (Wildman–Crippen LogP) is 2.59. The topological polar surface area (TPSA) is 37.4 Å². The van der Waals surface area contributed by atoms with E-state index in [0.717, 1.165) is 51.3 Å². The normalized spacial score (nSPS) is 23.1. The molecule has 0 radical (unpaired) electrons. The standard InChI is InChI=1S/C16H27N3O/c1-4-8-17-12-14-6-9-18-15(11-14)19-10-5-7-16(2,13-19)20-3/h6,9,11,17H,4-5,7-8,10,12-13H2,1-3H3. The Hall–Kier alpha value is -1.13. The largest absolute Gasteiger partial charge is 0.377 e. The SMILES string of the molecule is CCCNCc1ccnc(N2CCCC(C)(OC)C2)c1. The highest BCUT2D eigenvalue weighted by Crippen LogP contribution is 2.27. The second-order valence-electron chi connectivity index (χ2n) is 5.88. The van der Waals surface area contributed by atoms with Crippen molar-refractivity contribution < 1.29 is 4.74 Å². The number of hydrogen-bond donors (Lipinski definition) is 1. The third-order valence-corrected chi connectivity index (χ3v) is 4.04. The lowest BCUT2D eigenvalue weighted by Crippen LogP contribution is -2.47. The van der Waals surface area contributed by atoms with Crippen molar-refractivity contribution in [2.45, 2.75) is 45.3 Å². The average molecular weight is 277 g/mol. The molecule has 1 atom stereocenters. The highest BCUT2D eigenvalue weighted by Gasteiger charge is 2.31. The van der Waals surface area contributed by atoms with Crippen molar-refractivity contribution >= 4 is 5.82 Å². The third kappa shape index (κ3) is 3.93. The van der Waals surface area contributed by atoms with Crippen molar-refractivity contribution in [1.82, 2.24) is 10.3 Å². The summed E-state index contributed by atoms with van der Waals surface area (Å²) in [5.74, 6) is 1.07. The number of hydrogen-bond acceptors (Lipinski definition) is 4. The zero-order valence-corrected chi connectivity index (χ0v) is 13.0. The molecule has 2 rings (SSSR count). The van der Waals surface area contributed by atoms with Crippen molar-refractivity contribution in [2.24, 2.45) is 0 Å². The molecule has 4 nitrogen and oxygen atoms in total. The fourth-order valence-electron chi connectivity index (χ4n) is 2.72. The molecule has 1 aromatic heterocycles. The van der Waals surface area contributed by atoms with Crippen LogP contribution in [0.3, 0.4) is 0 Å². The molecule has 1 aliphatic rings. The van der Waals surface area contributed by atoms with Crippen LogP contribution in [0.2, 0.25) is 0 Å². The van der Waals surface area contributed by atoms with Gasteiger partial charge in [-0.1, -0.05) is 6.92 Å². The summed E-state index contributed by atoms with van der Waals surface area (Å²) in [6.07, 6.45) is 5.36. The number of nitrogens with one attached hydrogen (secondary N) is 1. The predicted molar refractivity (Wildman–Crippen MR) is 83.1 cm³/mol. The van der Waals surface area contributed by atoms with Crippen molar-refractivity contribution in [2.75, 3.05) is 31.6 Å². The molecule has 1 unspecified atom stereocenters. The minimum absolute atomic E-state index is 0.0452. The highest BCUT2D eigenvalue weighted by atomic mass is 16.5. The van der Waals surface area contributed by atoms with E-state index < -0.39 is 0 Å². The van der Waals surface area contributed by atoms with E-state index in [4.69, 9.17) is 4.74 Å². The zero-order valence-electron chi connectivity index (χ0n) is 13.0. The number of nitrogens with zero attached hydrogens (tertiary/aromatic N) is 2. The number of methoxy groups -OCH3 is 1. The van der Waals surface area contributed by atoms with Crippen molar-refractivity contribution in [3.8, 4) is 0 Å². The zero-order chi connectivity index (χ0) is 14.4. The molecule has 1 N–H and O–H groups in total. The van der Waals surface area contributed by atoms with E-state index in [0.29, 0.717) is 0 Å². The molecule has 1 fully saturated rings. The maximum absolute atomic E-state index is 5.66. The van der Waals surface area contributed by atoms with Crippen LogP contribution < -0.4 is 10.2 Å². The number of anilines is 1. The molecule has 0 aliphatic carbocycles. The molecule has 0 bridgehead atoms. The van der Waals surface area contributed by atoms with Crippen LogP contribution >= 0.6 is 0 Å². The van der Waals surface area contributed by atoms with Gasteiger partial charge in [0.15, 0.2) is 0 Å². The molecule has 0 saturated carbocycles. The number of pyridine rings is 1. The Morgan fingerprint density at radius 1 is 1.50 bits per heavy atom. The Labute approximate surface area is 122 Å². The van der Waals surface area contributed by atoms with Crippen LogP contribution in [-0.4, -0.2) is 37.3 Å². The van der Waals surface area contributed by atoms with Crippen LogP contribution in [0.4, 0.5) is 5.82 Å². The summed E-state index contributed by atoms with van der Waals surface area (Å²) in [6, 6.07) is 4.29. The molecule has 0 aromatic carbocycles. The van der Waals surface area contributed by atoms with Crippen LogP contribution in [0.5, 0.6) is 0 Å². The second kappa shape index (κ2) is 7.04. The lowest BCUT2D eigenvalue weighted by Gasteiger charge is -2.40. The first kappa shape index (κ1) is 15.3. The van der Waals surface area contributed by atoms with Crippen LogP contribution in [0.1, 0.15) is 38.7 Å². The van der Waals surface area contributed by atoms with Gasteiger partial charge in [-0.25, -0.2) is 4.98 Å². The first-order chi connectivity index (χ1) is 9.67. The number of piperidine rings is 1. The monoisotopic (exact) mass is 277 g/mol. The fourth-order valence-corrected chi connectivity index (χ4v) is 2.72. The maximum atomic E-state index is 5.66. The summed E-state index contributed by atoms with van der Waals surface area (Å²) >= 11 is 0.